The Balaban J connectivity index is 1.58. The van der Waals surface area contributed by atoms with E-state index in [1.165, 1.54) is 0 Å². The zero-order valence-corrected chi connectivity index (χ0v) is 14.1. The Morgan fingerprint density at radius 1 is 1.25 bits per heavy atom. The summed E-state index contributed by atoms with van der Waals surface area (Å²) in [6, 6.07) is 12.1. The average Bonchev–Trinajstić information content (AvgIpc) is 3.03. The number of pyridine rings is 1. The first-order chi connectivity index (χ1) is 11.7. The predicted octanol–water partition coefficient (Wildman–Crippen LogP) is 2.69. The third-order valence-electron chi connectivity index (χ3n) is 3.97. The number of benzene rings is 1. The van der Waals surface area contributed by atoms with E-state index in [0.717, 1.165) is 34.8 Å². The number of hydrogen-bond acceptors (Lipinski definition) is 4. The number of fused-ring (bicyclic) bond motifs is 1. The molecular weight excluding hydrogens is 302 g/mol. The van der Waals surface area contributed by atoms with Gasteiger partial charge in [0.2, 0.25) is 0 Å². The van der Waals surface area contributed by atoms with Crippen molar-refractivity contribution < 1.29 is 9.84 Å². The molecule has 2 N–H and O–H groups in total. The Bertz CT molecular complexity index is 796. The number of hydrogen-bond donors (Lipinski definition) is 2. The topological polar surface area (TPSA) is 58.8 Å². The molecule has 0 aliphatic carbocycles. The molecule has 126 valence electrons. The lowest BCUT2D eigenvalue weighted by Gasteiger charge is -2.11. The molecule has 0 amide bonds. The third-order valence-corrected chi connectivity index (χ3v) is 3.97. The SMILES string of the molecule is Cc1cccn2cc(COc3ccc(CN[C@@H](C)CO)cc3)nc12. The zero-order valence-electron chi connectivity index (χ0n) is 14.1. The molecule has 0 bridgehead atoms. The van der Waals surface area contributed by atoms with E-state index in [4.69, 9.17) is 9.84 Å². The first-order valence-corrected chi connectivity index (χ1v) is 8.15. The van der Waals surface area contributed by atoms with Crippen molar-refractivity contribution in [1.29, 1.82) is 0 Å². The number of aromatic nitrogens is 2. The molecule has 1 atom stereocenters. The van der Waals surface area contributed by atoms with Crippen LogP contribution >= 0.6 is 0 Å². The van der Waals surface area contributed by atoms with E-state index in [1.54, 1.807) is 0 Å². The van der Waals surface area contributed by atoms with Crippen molar-refractivity contribution in [2.75, 3.05) is 6.61 Å². The first-order valence-electron chi connectivity index (χ1n) is 8.15. The summed E-state index contributed by atoms with van der Waals surface area (Å²) in [4.78, 5) is 4.61. The van der Waals surface area contributed by atoms with Crippen LogP contribution in [0, 0.1) is 6.92 Å². The molecule has 0 aliphatic rings. The van der Waals surface area contributed by atoms with Gasteiger partial charge in [0.25, 0.3) is 0 Å². The average molecular weight is 325 g/mol. The van der Waals surface area contributed by atoms with Crippen molar-refractivity contribution >= 4 is 5.65 Å². The number of nitrogens with one attached hydrogen (secondary N) is 1. The van der Waals surface area contributed by atoms with E-state index < -0.39 is 0 Å². The largest absolute Gasteiger partial charge is 0.487 e. The standard InChI is InChI=1S/C19H23N3O2/c1-14-4-3-9-22-11-17(21-19(14)22)13-24-18-7-5-16(6-8-18)10-20-15(2)12-23/h3-9,11,15,20,23H,10,12-13H2,1-2H3/t15-/m0/s1. The van der Waals surface area contributed by atoms with Gasteiger partial charge >= 0.3 is 0 Å². The highest BCUT2D eigenvalue weighted by atomic mass is 16.5. The van der Waals surface area contributed by atoms with Gasteiger partial charge in [-0.1, -0.05) is 18.2 Å². The minimum atomic E-state index is 0.0967. The third kappa shape index (κ3) is 3.93. The maximum atomic E-state index is 9.01. The molecule has 1 aromatic carbocycles. The smallest absolute Gasteiger partial charge is 0.140 e. The number of nitrogens with zero attached hydrogens (tertiary/aromatic N) is 2. The molecule has 5 heteroatoms. The van der Waals surface area contributed by atoms with Crippen LogP contribution in [0.5, 0.6) is 5.75 Å². The van der Waals surface area contributed by atoms with Crippen LogP contribution in [0.15, 0.2) is 48.8 Å². The van der Waals surface area contributed by atoms with Gasteiger partial charge in [-0.15, -0.1) is 0 Å². The molecular formula is C19H23N3O2. The molecule has 0 aliphatic heterocycles. The lowest BCUT2D eigenvalue weighted by Crippen LogP contribution is -2.28. The summed E-state index contributed by atoms with van der Waals surface area (Å²) in [7, 11) is 0. The summed E-state index contributed by atoms with van der Waals surface area (Å²) >= 11 is 0. The second-order valence-corrected chi connectivity index (χ2v) is 6.05. The molecule has 0 saturated carbocycles. The number of aliphatic hydroxyl groups is 1. The van der Waals surface area contributed by atoms with E-state index >= 15 is 0 Å². The van der Waals surface area contributed by atoms with Gasteiger partial charge in [0, 0.05) is 25.0 Å². The maximum absolute atomic E-state index is 9.01. The van der Waals surface area contributed by atoms with E-state index in [9.17, 15) is 0 Å². The van der Waals surface area contributed by atoms with Crippen LogP contribution in [0.2, 0.25) is 0 Å². The monoisotopic (exact) mass is 325 g/mol. The van der Waals surface area contributed by atoms with Crippen LogP contribution < -0.4 is 10.1 Å². The molecule has 24 heavy (non-hydrogen) atoms. The Hall–Kier alpha value is -2.37. The van der Waals surface area contributed by atoms with Crippen LogP contribution in [-0.4, -0.2) is 27.1 Å². The van der Waals surface area contributed by atoms with Gasteiger partial charge in [0.1, 0.15) is 18.0 Å². The molecule has 2 aromatic heterocycles. The molecule has 0 radical (unpaired) electrons. The van der Waals surface area contributed by atoms with Crippen molar-refractivity contribution in [3.05, 3.63) is 65.6 Å². The van der Waals surface area contributed by atoms with E-state index in [1.807, 2.05) is 54.0 Å². The van der Waals surface area contributed by atoms with Gasteiger partial charge in [-0.25, -0.2) is 4.98 Å². The first kappa shape index (κ1) is 16.5. The van der Waals surface area contributed by atoms with Gasteiger partial charge in [0.05, 0.1) is 12.3 Å². The molecule has 0 spiro atoms. The summed E-state index contributed by atoms with van der Waals surface area (Å²) in [5.41, 5.74) is 4.19. The van der Waals surface area contributed by atoms with Crippen LogP contribution in [0.3, 0.4) is 0 Å². The van der Waals surface area contributed by atoms with Gasteiger partial charge in [-0.05, 0) is 43.2 Å². The van der Waals surface area contributed by atoms with Crippen molar-refractivity contribution in [3.8, 4) is 5.75 Å². The van der Waals surface area contributed by atoms with Crippen molar-refractivity contribution in [2.24, 2.45) is 0 Å². The summed E-state index contributed by atoms with van der Waals surface area (Å²) in [6.45, 7) is 5.32. The summed E-state index contributed by atoms with van der Waals surface area (Å²) in [5, 5.41) is 12.3. The number of aliphatic hydroxyl groups excluding tert-OH is 1. The lowest BCUT2D eigenvalue weighted by molar-refractivity contribution is 0.251. The van der Waals surface area contributed by atoms with E-state index in [0.29, 0.717) is 6.61 Å². The fourth-order valence-electron chi connectivity index (χ4n) is 2.49. The Morgan fingerprint density at radius 2 is 2.04 bits per heavy atom. The second-order valence-electron chi connectivity index (χ2n) is 6.05. The number of imidazole rings is 1. The highest BCUT2D eigenvalue weighted by molar-refractivity contribution is 5.47. The fraction of sp³-hybridized carbons (Fsp3) is 0.316. The zero-order chi connectivity index (χ0) is 16.9. The van der Waals surface area contributed by atoms with Crippen LogP contribution in [0.25, 0.3) is 5.65 Å². The Labute approximate surface area is 141 Å². The number of aryl methyl sites for hydroxylation is 1. The summed E-state index contributed by atoms with van der Waals surface area (Å²) < 4.78 is 7.85. The van der Waals surface area contributed by atoms with Gasteiger partial charge in [-0.2, -0.15) is 0 Å². The molecule has 2 heterocycles. The summed E-state index contributed by atoms with van der Waals surface area (Å²) in [6.07, 6.45) is 3.99. The van der Waals surface area contributed by atoms with Crippen LogP contribution in [0.4, 0.5) is 0 Å². The molecule has 0 fully saturated rings. The number of rotatable bonds is 7. The van der Waals surface area contributed by atoms with Crippen molar-refractivity contribution in [2.45, 2.75) is 33.0 Å². The minimum absolute atomic E-state index is 0.0967. The lowest BCUT2D eigenvalue weighted by atomic mass is 10.2. The molecule has 3 rings (SSSR count). The molecule has 0 unspecified atom stereocenters. The van der Waals surface area contributed by atoms with E-state index in [-0.39, 0.29) is 12.6 Å². The summed E-state index contributed by atoms with van der Waals surface area (Å²) in [5.74, 6) is 0.822. The van der Waals surface area contributed by atoms with Gasteiger partial charge in [0.15, 0.2) is 0 Å². The van der Waals surface area contributed by atoms with E-state index in [2.05, 4.69) is 23.3 Å². The Morgan fingerprint density at radius 3 is 2.75 bits per heavy atom. The van der Waals surface area contributed by atoms with Crippen molar-refractivity contribution in [3.63, 3.8) is 0 Å². The van der Waals surface area contributed by atoms with Gasteiger partial charge < -0.3 is 19.6 Å². The molecule has 0 saturated heterocycles. The van der Waals surface area contributed by atoms with Crippen molar-refractivity contribution in [1.82, 2.24) is 14.7 Å². The molecule has 3 aromatic rings. The molecule has 5 nitrogen and oxygen atoms in total. The predicted molar refractivity (Wildman–Crippen MR) is 94.1 cm³/mol. The van der Waals surface area contributed by atoms with Gasteiger partial charge in [-0.3, -0.25) is 0 Å². The number of ether oxygens (including phenoxy) is 1. The van der Waals surface area contributed by atoms with Crippen LogP contribution in [-0.2, 0) is 13.2 Å². The van der Waals surface area contributed by atoms with Crippen LogP contribution in [0.1, 0.15) is 23.7 Å². The second kappa shape index (κ2) is 7.47. The fourth-order valence-corrected chi connectivity index (χ4v) is 2.49. The maximum Gasteiger partial charge on any atom is 0.140 e. The highest BCUT2D eigenvalue weighted by Gasteiger charge is 2.05. The highest BCUT2D eigenvalue weighted by Crippen LogP contribution is 2.15. The minimum Gasteiger partial charge on any atom is -0.487 e. The quantitative estimate of drug-likeness (QED) is 0.701. The normalized spacial score (nSPS) is 12.5. The Kier molecular flexibility index (Phi) is 5.13.